The Hall–Kier alpha value is -2.39. The van der Waals surface area contributed by atoms with E-state index in [4.69, 9.17) is 16.3 Å². The number of aromatic nitrogens is 1. The zero-order valence-electron chi connectivity index (χ0n) is 11.3. The number of aldehydes is 1. The first-order chi connectivity index (χ1) is 10.2. The topological polar surface area (TPSA) is 39.2 Å². The number of hydrogen-bond donors (Lipinski definition) is 0. The summed E-state index contributed by atoms with van der Waals surface area (Å²) in [5.41, 5.74) is 2.08. The highest BCUT2D eigenvalue weighted by atomic mass is 35.5. The van der Waals surface area contributed by atoms with Crippen molar-refractivity contribution in [2.24, 2.45) is 0 Å². The Kier molecular flexibility index (Phi) is 3.59. The zero-order chi connectivity index (χ0) is 14.8. The van der Waals surface area contributed by atoms with Crippen molar-refractivity contribution in [3.63, 3.8) is 0 Å². The van der Waals surface area contributed by atoms with E-state index in [1.54, 1.807) is 18.2 Å². The van der Waals surface area contributed by atoms with Gasteiger partial charge in [0.2, 0.25) is 0 Å². The zero-order valence-corrected chi connectivity index (χ0v) is 12.1. The van der Waals surface area contributed by atoms with Gasteiger partial charge in [-0.25, -0.2) is 4.98 Å². The van der Waals surface area contributed by atoms with Crippen LogP contribution in [0.5, 0.6) is 11.5 Å². The molecule has 1 heterocycles. The Labute approximate surface area is 127 Å². The third kappa shape index (κ3) is 2.73. The van der Waals surface area contributed by atoms with Crippen LogP contribution in [-0.2, 0) is 0 Å². The average molecular weight is 298 g/mol. The monoisotopic (exact) mass is 297 g/mol. The quantitative estimate of drug-likeness (QED) is 0.652. The lowest BCUT2D eigenvalue weighted by Gasteiger charge is -2.10. The predicted octanol–water partition coefficient (Wildman–Crippen LogP) is 4.80. The Morgan fingerprint density at radius 2 is 1.95 bits per heavy atom. The van der Waals surface area contributed by atoms with Gasteiger partial charge in [0.05, 0.1) is 5.56 Å². The van der Waals surface area contributed by atoms with E-state index < -0.39 is 0 Å². The molecule has 0 spiro atoms. The van der Waals surface area contributed by atoms with Crippen molar-refractivity contribution in [3.8, 4) is 11.5 Å². The van der Waals surface area contributed by atoms with Gasteiger partial charge in [0.25, 0.3) is 0 Å². The maximum absolute atomic E-state index is 11.1. The molecule has 0 fully saturated rings. The number of para-hydroxylation sites is 1. The van der Waals surface area contributed by atoms with E-state index in [0.717, 1.165) is 22.9 Å². The van der Waals surface area contributed by atoms with Gasteiger partial charge in [-0.2, -0.15) is 0 Å². The largest absolute Gasteiger partial charge is 0.454 e. The van der Waals surface area contributed by atoms with E-state index in [2.05, 4.69) is 4.98 Å². The molecule has 0 saturated heterocycles. The second-order valence-electron chi connectivity index (χ2n) is 4.68. The fraction of sp³-hybridized carbons (Fsp3) is 0.0588. The smallest absolute Gasteiger partial charge is 0.153 e. The standard InChI is InChI=1S/C17H12ClNO2/c1-11-5-6-12-3-2-4-16(17(12)19-11)21-15-8-7-14(18)9-13(15)10-20/h2-10H,1H3. The number of ether oxygens (including phenoxy) is 1. The average Bonchev–Trinajstić information content (AvgIpc) is 2.49. The van der Waals surface area contributed by atoms with Crippen LogP contribution in [0, 0.1) is 6.92 Å². The molecule has 104 valence electrons. The third-order valence-electron chi connectivity index (χ3n) is 3.14. The van der Waals surface area contributed by atoms with Gasteiger partial charge >= 0.3 is 0 Å². The number of carbonyl (C=O) groups is 1. The number of carbonyl (C=O) groups excluding carboxylic acids is 1. The summed E-state index contributed by atoms with van der Waals surface area (Å²) in [6, 6.07) is 14.6. The molecular formula is C17H12ClNO2. The predicted molar refractivity (Wildman–Crippen MR) is 83.4 cm³/mol. The van der Waals surface area contributed by atoms with Crippen molar-refractivity contribution in [1.29, 1.82) is 0 Å². The number of pyridine rings is 1. The van der Waals surface area contributed by atoms with Crippen LogP contribution in [0.4, 0.5) is 0 Å². The molecular weight excluding hydrogens is 286 g/mol. The normalized spacial score (nSPS) is 10.6. The first-order valence-electron chi connectivity index (χ1n) is 6.46. The van der Waals surface area contributed by atoms with Gasteiger partial charge in [-0.3, -0.25) is 4.79 Å². The van der Waals surface area contributed by atoms with Crippen LogP contribution < -0.4 is 4.74 Å². The van der Waals surface area contributed by atoms with Crippen LogP contribution in [0.2, 0.25) is 5.02 Å². The number of benzene rings is 2. The summed E-state index contributed by atoms with van der Waals surface area (Å²) in [7, 11) is 0. The molecule has 2 aromatic carbocycles. The van der Waals surface area contributed by atoms with Gasteiger partial charge in [0, 0.05) is 16.1 Å². The van der Waals surface area contributed by atoms with Crippen LogP contribution in [-0.4, -0.2) is 11.3 Å². The molecule has 0 saturated carbocycles. The highest BCUT2D eigenvalue weighted by Crippen LogP contribution is 2.31. The molecule has 0 bridgehead atoms. The lowest BCUT2D eigenvalue weighted by molar-refractivity contribution is 0.112. The van der Waals surface area contributed by atoms with Crippen LogP contribution in [0.3, 0.4) is 0 Å². The van der Waals surface area contributed by atoms with E-state index >= 15 is 0 Å². The lowest BCUT2D eigenvalue weighted by atomic mass is 10.2. The summed E-state index contributed by atoms with van der Waals surface area (Å²) in [4.78, 5) is 15.6. The number of halogens is 1. The summed E-state index contributed by atoms with van der Waals surface area (Å²) in [6.45, 7) is 1.93. The molecule has 0 unspecified atom stereocenters. The van der Waals surface area contributed by atoms with Crippen molar-refractivity contribution in [2.75, 3.05) is 0 Å². The Morgan fingerprint density at radius 1 is 1.10 bits per heavy atom. The minimum Gasteiger partial charge on any atom is -0.454 e. The first-order valence-corrected chi connectivity index (χ1v) is 6.84. The maximum atomic E-state index is 11.1. The van der Waals surface area contributed by atoms with Crippen LogP contribution >= 0.6 is 11.6 Å². The van der Waals surface area contributed by atoms with Crippen LogP contribution in [0.25, 0.3) is 10.9 Å². The van der Waals surface area contributed by atoms with E-state index in [9.17, 15) is 4.79 Å². The van der Waals surface area contributed by atoms with E-state index in [1.165, 1.54) is 0 Å². The van der Waals surface area contributed by atoms with Gasteiger partial charge in [-0.1, -0.05) is 29.8 Å². The van der Waals surface area contributed by atoms with Crippen molar-refractivity contribution >= 4 is 28.8 Å². The molecule has 0 aliphatic carbocycles. The molecule has 3 aromatic rings. The first kappa shape index (κ1) is 13.6. The van der Waals surface area contributed by atoms with Crippen LogP contribution in [0.15, 0.2) is 48.5 Å². The highest BCUT2D eigenvalue weighted by molar-refractivity contribution is 6.30. The number of rotatable bonds is 3. The summed E-state index contributed by atoms with van der Waals surface area (Å²) in [6.07, 6.45) is 0.727. The Bertz CT molecular complexity index is 830. The Morgan fingerprint density at radius 3 is 2.76 bits per heavy atom. The molecule has 0 amide bonds. The van der Waals surface area contributed by atoms with Gasteiger partial charge < -0.3 is 4.74 Å². The van der Waals surface area contributed by atoms with Crippen molar-refractivity contribution in [3.05, 3.63) is 64.8 Å². The van der Waals surface area contributed by atoms with E-state index in [0.29, 0.717) is 22.1 Å². The molecule has 0 aliphatic rings. The molecule has 3 rings (SSSR count). The van der Waals surface area contributed by atoms with Crippen molar-refractivity contribution in [1.82, 2.24) is 4.98 Å². The fourth-order valence-electron chi connectivity index (χ4n) is 2.12. The molecule has 0 N–H and O–H groups in total. The highest BCUT2D eigenvalue weighted by Gasteiger charge is 2.09. The summed E-state index contributed by atoms with van der Waals surface area (Å²) >= 11 is 5.89. The second kappa shape index (κ2) is 5.54. The van der Waals surface area contributed by atoms with E-state index in [-0.39, 0.29) is 0 Å². The minimum absolute atomic E-state index is 0.409. The summed E-state index contributed by atoms with van der Waals surface area (Å²) in [5, 5.41) is 1.48. The summed E-state index contributed by atoms with van der Waals surface area (Å²) in [5.74, 6) is 1.08. The van der Waals surface area contributed by atoms with Gasteiger partial charge in [0.1, 0.15) is 11.3 Å². The van der Waals surface area contributed by atoms with E-state index in [1.807, 2.05) is 37.3 Å². The number of aryl methyl sites for hydroxylation is 1. The van der Waals surface area contributed by atoms with Gasteiger partial charge in [-0.15, -0.1) is 0 Å². The summed E-state index contributed by atoms with van der Waals surface area (Å²) < 4.78 is 5.87. The fourth-order valence-corrected chi connectivity index (χ4v) is 2.30. The van der Waals surface area contributed by atoms with Crippen molar-refractivity contribution in [2.45, 2.75) is 6.92 Å². The molecule has 0 radical (unpaired) electrons. The molecule has 1 aromatic heterocycles. The molecule has 0 atom stereocenters. The second-order valence-corrected chi connectivity index (χ2v) is 5.12. The molecule has 0 aliphatic heterocycles. The third-order valence-corrected chi connectivity index (χ3v) is 3.38. The lowest BCUT2D eigenvalue weighted by Crippen LogP contribution is -1.93. The van der Waals surface area contributed by atoms with Gasteiger partial charge in [0.15, 0.2) is 12.0 Å². The number of fused-ring (bicyclic) bond motifs is 1. The van der Waals surface area contributed by atoms with Gasteiger partial charge in [-0.05, 0) is 37.3 Å². The maximum Gasteiger partial charge on any atom is 0.153 e. The number of hydrogen-bond acceptors (Lipinski definition) is 3. The Balaban J connectivity index is 2.10. The molecule has 4 heteroatoms. The van der Waals surface area contributed by atoms with Crippen molar-refractivity contribution < 1.29 is 9.53 Å². The number of nitrogens with zero attached hydrogens (tertiary/aromatic N) is 1. The van der Waals surface area contributed by atoms with Crippen LogP contribution in [0.1, 0.15) is 16.1 Å². The SMILES string of the molecule is Cc1ccc2cccc(Oc3ccc(Cl)cc3C=O)c2n1. The molecule has 21 heavy (non-hydrogen) atoms. The molecule has 3 nitrogen and oxygen atoms in total. The minimum atomic E-state index is 0.409.